The average Bonchev–Trinajstić information content (AvgIpc) is 2.89. The highest BCUT2D eigenvalue weighted by Crippen LogP contribution is 2.48. The van der Waals surface area contributed by atoms with Crippen molar-refractivity contribution in [2.24, 2.45) is 10.4 Å². The molecule has 0 N–H and O–H groups in total. The number of rotatable bonds is 5. The zero-order valence-corrected chi connectivity index (χ0v) is 18.1. The number of nitrogens with zero attached hydrogens (tertiary/aromatic N) is 2. The van der Waals surface area contributed by atoms with E-state index < -0.39 is 0 Å². The number of thioether (sulfide) groups is 1. The van der Waals surface area contributed by atoms with Crippen molar-refractivity contribution in [3.8, 4) is 5.75 Å². The molecule has 1 aromatic carbocycles. The van der Waals surface area contributed by atoms with Crippen molar-refractivity contribution in [3.63, 3.8) is 0 Å². The highest BCUT2D eigenvalue weighted by atomic mass is 35.5. The molecule has 0 bridgehead atoms. The van der Waals surface area contributed by atoms with Crippen LogP contribution >= 0.6 is 23.4 Å². The van der Waals surface area contributed by atoms with Crippen molar-refractivity contribution in [3.05, 3.63) is 28.8 Å². The van der Waals surface area contributed by atoms with E-state index >= 15 is 0 Å². The third-order valence-electron chi connectivity index (χ3n) is 5.04. The molecule has 6 heteroatoms. The number of carbonyl (C=O) groups is 1. The van der Waals surface area contributed by atoms with Gasteiger partial charge < -0.3 is 9.64 Å². The number of aliphatic imine (C=N–C) groups is 1. The summed E-state index contributed by atoms with van der Waals surface area (Å²) >= 11 is 7.77. The Kier molecular flexibility index (Phi) is 6.67. The lowest BCUT2D eigenvalue weighted by Crippen LogP contribution is -2.40. The van der Waals surface area contributed by atoms with Gasteiger partial charge in [-0.05, 0) is 37.0 Å². The second-order valence-electron chi connectivity index (χ2n) is 7.90. The van der Waals surface area contributed by atoms with Crippen molar-refractivity contribution in [2.75, 3.05) is 20.2 Å². The van der Waals surface area contributed by atoms with Crippen LogP contribution in [0.2, 0.25) is 5.02 Å². The van der Waals surface area contributed by atoms with Crippen molar-refractivity contribution in [1.29, 1.82) is 0 Å². The van der Waals surface area contributed by atoms with Gasteiger partial charge in [0.2, 0.25) is 0 Å². The Morgan fingerprint density at radius 3 is 2.69 bits per heavy atom. The summed E-state index contributed by atoms with van der Waals surface area (Å²) in [5.74, 6) is 0.178. The monoisotopic (exact) mass is 396 g/mol. The second-order valence-corrected chi connectivity index (χ2v) is 9.81. The molecule has 0 radical (unpaired) electrons. The van der Waals surface area contributed by atoms with Gasteiger partial charge in [0.05, 0.1) is 12.7 Å². The molecule has 144 valence electrons. The van der Waals surface area contributed by atoms with Crippen LogP contribution in [0.15, 0.2) is 23.2 Å². The SMILES string of the molecule is CCCCN1CC(C)(C(C)(C)C)SC1=NC(=O)c1cc(Cl)ccc1OC. The van der Waals surface area contributed by atoms with E-state index in [0.29, 0.717) is 16.3 Å². The van der Waals surface area contributed by atoms with Gasteiger partial charge in [-0.15, -0.1) is 0 Å². The maximum absolute atomic E-state index is 12.8. The number of benzene rings is 1. The van der Waals surface area contributed by atoms with Crippen LogP contribution in [-0.2, 0) is 0 Å². The molecule has 1 fully saturated rings. The Balaban J connectivity index is 2.36. The van der Waals surface area contributed by atoms with E-state index in [9.17, 15) is 4.79 Å². The first-order chi connectivity index (χ1) is 12.1. The van der Waals surface area contributed by atoms with Gasteiger partial charge in [0.1, 0.15) is 5.75 Å². The van der Waals surface area contributed by atoms with Crippen molar-refractivity contribution in [1.82, 2.24) is 4.90 Å². The van der Waals surface area contributed by atoms with Gasteiger partial charge in [-0.25, -0.2) is 0 Å². The second kappa shape index (κ2) is 8.22. The quantitative estimate of drug-likeness (QED) is 0.659. The van der Waals surface area contributed by atoms with Gasteiger partial charge in [-0.1, -0.05) is 57.5 Å². The fraction of sp³-hybridized carbons (Fsp3) is 0.600. The predicted molar refractivity (Wildman–Crippen MR) is 112 cm³/mol. The van der Waals surface area contributed by atoms with Gasteiger partial charge in [0, 0.05) is 22.9 Å². The molecule has 1 saturated heterocycles. The lowest BCUT2D eigenvalue weighted by molar-refractivity contribution is 0.0999. The molecule has 0 aliphatic carbocycles. The molecule has 1 unspecified atom stereocenters. The van der Waals surface area contributed by atoms with E-state index in [2.05, 4.69) is 44.5 Å². The molecule has 2 rings (SSSR count). The Morgan fingerprint density at radius 2 is 2.12 bits per heavy atom. The number of unbranched alkanes of at least 4 members (excludes halogenated alkanes) is 1. The van der Waals surface area contributed by atoms with Crippen LogP contribution < -0.4 is 4.74 Å². The Hall–Kier alpha value is -1.20. The third-order valence-corrected chi connectivity index (χ3v) is 7.00. The Labute approximate surface area is 166 Å². The van der Waals surface area contributed by atoms with E-state index in [0.717, 1.165) is 31.1 Å². The summed E-state index contributed by atoms with van der Waals surface area (Å²) in [6, 6.07) is 5.02. The molecule has 1 amide bonds. The van der Waals surface area contributed by atoms with Crippen LogP contribution in [0.3, 0.4) is 0 Å². The topological polar surface area (TPSA) is 41.9 Å². The van der Waals surface area contributed by atoms with Gasteiger partial charge in [0.25, 0.3) is 5.91 Å². The third kappa shape index (κ3) is 4.55. The summed E-state index contributed by atoms with van der Waals surface area (Å²) in [7, 11) is 1.54. The Morgan fingerprint density at radius 1 is 1.42 bits per heavy atom. The fourth-order valence-corrected chi connectivity index (χ4v) is 4.25. The van der Waals surface area contributed by atoms with Gasteiger partial charge in [-0.3, -0.25) is 4.79 Å². The maximum Gasteiger partial charge on any atom is 0.283 e. The van der Waals surface area contributed by atoms with Crippen LogP contribution in [-0.4, -0.2) is 40.9 Å². The predicted octanol–water partition coefficient (Wildman–Crippen LogP) is 5.50. The minimum absolute atomic E-state index is 0.00171. The molecule has 0 saturated carbocycles. The normalized spacial score (nSPS) is 22.1. The lowest BCUT2D eigenvalue weighted by Gasteiger charge is -2.36. The molecule has 4 nitrogen and oxygen atoms in total. The zero-order valence-electron chi connectivity index (χ0n) is 16.6. The van der Waals surface area contributed by atoms with Gasteiger partial charge in [0.15, 0.2) is 5.17 Å². The molecule has 1 atom stereocenters. The van der Waals surface area contributed by atoms with Crippen LogP contribution in [0.25, 0.3) is 0 Å². The van der Waals surface area contributed by atoms with E-state index in [1.807, 2.05) is 0 Å². The Bertz CT molecular complexity index is 700. The smallest absolute Gasteiger partial charge is 0.283 e. The fourth-order valence-electron chi connectivity index (χ4n) is 2.73. The van der Waals surface area contributed by atoms with Crippen molar-refractivity contribution < 1.29 is 9.53 Å². The summed E-state index contributed by atoms with van der Waals surface area (Å²) in [4.78, 5) is 19.6. The molecular weight excluding hydrogens is 368 g/mol. The number of carbonyl (C=O) groups excluding carboxylic acids is 1. The molecule has 1 aliphatic rings. The van der Waals surface area contributed by atoms with Crippen LogP contribution in [0.1, 0.15) is 57.8 Å². The summed E-state index contributed by atoms with van der Waals surface area (Å²) in [6.07, 6.45) is 2.19. The summed E-state index contributed by atoms with van der Waals surface area (Å²) < 4.78 is 5.30. The maximum atomic E-state index is 12.8. The lowest BCUT2D eigenvalue weighted by atomic mass is 9.81. The molecule has 1 heterocycles. The highest BCUT2D eigenvalue weighted by molar-refractivity contribution is 8.15. The molecule has 26 heavy (non-hydrogen) atoms. The summed E-state index contributed by atoms with van der Waals surface area (Å²) in [6.45, 7) is 12.9. The summed E-state index contributed by atoms with van der Waals surface area (Å²) in [5.41, 5.74) is 0.490. The average molecular weight is 397 g/mol. The number of halogens is 1. The van der Waals surface area contributed by atoms with Crippen LogP contribution in [0.4, 0.5) is 0 Å². The molecule has 1 aromatic rings. The van der Waals surface area contributed by atoms with Crippen molar-refractivity contribution in [2.45, 2.75) is 52.2 Å². The number of amidine groups is 1. The minimum Gasteiger partial charge on any atom is -0.496 e. The van der Waals surface area contributed by atoms with E-state index in [1.54, 1.807) is 37.1 Å². The minimum atomic E-state index is -0.313. The zero-order chi connectivity index (χ0) is 19.5. The first-order valence-electron chi connectivity index (χ1n) is 9.02. The number of ether oxygens (including phenoxy) is 1. The van der Waals surface area contributed by atoms with E-state index in [1.165, 1.54) is 0 Å². The number of amides is 1. The van der Waals surface area contributed by atoms with E-state index in [-0.39, 0.29) is 16.1 Å². The number of hydrogen-bond donors (Lipinski definition) is 0. The summed E-state index contributed by atoms with van der Waals surface area (Å²) in [5, 5.41) is 1.29. The van der Waals surface area contributed by atoms with Gasteiger partial charge >= 0.3 is 0 Å². The molecule has 0 spiro atoms. The molecule has 1 aliphatic heterocycles. The molecular formula is C20H29ClN2O2S. The van der Waals surface area contributed by atoms with Crippen molar-refractivity contribution >= 4 is 34.4 Å². The highest BCUT2D eigenvalue weighted by Gasteiger charge is 2.47. The van der Waals surface area contributed by atoms with Crippen LogP contribution in [0.5, 0.6) is 5.75 Å². The first-order valence-corrected chi connectivity index (χ1v) is 10.2. The largest absolute Gasteiger partial charge is 0.496 e. The molecule has 0 aromatic heterocycles. The van der Waals surface area contributed by atoms with Gasteiger partial charge in [-0.2, -0.15) is 4.99 Å². The first kappa shape index (κ1) is 21.1. The van der Waals surface area contributed by atoms with E-state index in [4.69, 9.17) is 16.3 Å². The number of methoxy groups -OCH3 is 1. The standard InChI is InChI=1S/C20H29ClN2O2S/c1-7-8-11-23-13-20(5,19(2,3)4)26-18(23)22-17(24)15-12-14(21)9-10-16(15)25-6/h9-10,12H,7-8,11,13H2,1-6H3. The number of hydrogen-bond acceptors (Lipinski definition) is 3. The van der Waals surface area contributed by atoms with Crippen LogP contribution in [0, 0.1) is 5.41 Å².